The summed E-state index contributed by atoms with van der Waals surface area (Å²) in [4.78, 5) is 34.1. The molecule has 1 aromatic carbocycles. The zero-order chi connectivity index (χ0) is 22.5. The Balaban J connectivity index is 1.31. The molecule has 7 nitrogen and oxygen atoms in total. The Morgan fingerprint density at radius 1 is 1.25 bits per heavy atom. The Hall–Kier alpha value is -2.84. The minimum atomic E-state index is -0.290. The lowest BCUT2D eigenvalue weighted by Crippen LogP contribution is -2.49. The molecule has 2 aliphatic heterocycles. The van der Waals surface area contributed by atoms with Crippen LogP contribution < -0.4 is 10.6 Å². The SMILES string of the molecule is CN1[C@@H](CCC(=O)NCc2ccc(F)cc2)CNC(=O)[C@@H]2[C@H]1CCN2Cc1ccccn1. The van der Waals surface area contributed by atoms with Gasteiger partial charge in [0.1, 0.15) is 11.9 Å². The van der Waals surface area contributed by atoms with E-state index in [1.165, 1.54) is 12.1 Å². The average Bonchev–Trinajstić information content (AvgIpc) is 3.17. The van der Waals surface area contributed by atoms with Crippen LogP contribution in [0.3, 0.4) is 0 Å². The minimum absolute atomic E-state index is 0.0435. The van der Waals surface area contributed by atoms with Crippen LogP contribution in [-0.2, 0) is 22.7 Å². The third-order valence-electron chi connectivity index (χ3n) is 6.55. The smallest absolute Gasteiger partial charge is 0.239 e. The minimum Gasteiger partial charge on any atom is -0.353 e. The highest BCUT2D eigenvalue weighted by atomic mass is 19.1. The van der Waals surface area contributed by atoms with Gasteiger partial charge in [-0.05, 0) is 49.7 Å². The number of fused-ring (bicyclic) bond motifs is 1. The molecule has 0 bridgehead atoms. The number of hydrogen-bond acceptors (Lipinski definition) is 5. The molecule has 3 atom stereocenters. The van der Waals surface area contributed by atoms with Crippen molar-refractivity contribution < 1.29 is 14.0 Å². The first kappa shape index (κ1) is 22.4. The van der Waals surface area contributed by atoms with Gasteiger partial charge in [-0.25, -0.2) is 4.39 Å². The summed E-state index contributed by atoms with van der Waals surface area (Å²) in [7, 11) is 2.06. The molecule has 2 saturated heterocycles. The van der Waals surface area contributed by atoms with E-state index < -0.39 is 0 Å². The number of hydrogen-bond donors (Lipinski definition) is 2. The van der Waals surface area contributed by atoms with E-state index in [0.717, 1.165) is 24.2 Å². The summed E-state index contributed by atoms with van der Waals surface area (Å²) < 4.78 is 13.0. The number of nitrogens with zero attached hydrogens (tertiary/aromatic N) is 3. The van der Waals surface area contributed by atoms with Gasteiger partial charge in [0.05, 0.1) is 5.69 Å². The van der Waals surface area contributed by atoms with Crippen LogP contribution >= 0.6 is 0 Å². The maximum Gasteiger partial charge on any atom is 0.239 e. The number of aromatic nitrogens is 1. The third kappa shape index (κ3) is 5.31. The molecule has 0 spiro atoms. The van der Waals surface area contributed by atoms with Crippen molar-refractivity contribution in [3.8, 4) is 0 Å². The molecule has 2 amide bonds. The Morgan fingerprint density at radius 2 is 2.06 bits per heavy atom. The molecule has 1 aromatic heterocycles. The predicted molar refractivity (Wildman–Crippen MR) is 119 cm³/mol. The molecule has 2 N–H and O–H groups in total. The van der Waals surface area contributed by atoms with Gasteiger partial charge in [0, 0.05) is 50.9 Å². The number of rotatable bonds is 7. The van der Waals surface area contributed by atoms with Gasteiger partial charge < -0.3 is 10.6 Å². The number of pyridine rings is 1. The average molecular weight is 440 g/mol. The normalized spacial score (nSPS) is 23.9. The molecule has 170 valence electrons. The maximum atomic E-state index is 13.0. The van der Waals surface area contributed by atoms with Gasteiger partial charge in [0.15, 0.2) is 0 Å². The van der Waals surface area contributed by atoms with Crippen molar-refractivity contribution in [1.82, 2.24) is 25.4 Å². The second-order valence-corrected chi connectivity index (χ2v) is 8.60. The predicted octanol–water partition coefficient (Wildman–Crippen LogP) is 1.69. The van der Waals surface area contributed by atoms with E-state index in [0.29, 0.717) is 32.5 Å². The second-order valence-electron chi connectivity index (χ2n) is 8.60. The fraction of sp³-hybridized carbons (Fsp3) is 0.458. The van der Waals surface area contributed by atoms with E-state index in [9.17, 15) is 14.0 Å². The molecule has 32 heavy (non-hydrogen) atoms. The number of halogens is 1. The van der Waals surface area contributed by atoms with Crippen molar-refractivity contribution in [1.29, 1.82) is 0 Å². The fourth-order valence-electron chi connectivity index (χ4n) is 4.71. The topological polar surface area (TPSA) is 77.6 Å². The van der Waals surface area contributed by atoms with Crippen LogP contribution in [0, 0.1) is 5.82 Å². The zero-order valence-corrected chi connectivity index (χ0v) is 18.3. The van der Waals surface area contributed by atoms with E-state index in [2.05, 4.69) is 32.5 Å². The number of benzene rings is 1. The first-order chi connectivity index (χ1) is 15.5. The molecule has 0 saturated carbocycles. The Bertz CT molecular complexity index is 924. The Labute approximate surface area is 188 Å². The molecule has 3 heterocycles. The van der Waals surface area contributed by atoms with Crippen LogP contribution in [0.2, 0.25) is 0 Å². The summed E-state index contributed by atoms with van der Waals surface area (Å²) in [5.74, 6) is -0.279. The first-order valence-electron chi connectivity index (χ1n) is 11.2. The van der Waals surface area contributed by atoms with Crippen molar-refractivity contribution in [2.45, 2.75) is 50.5 Å². The van der Waals surface area contributed by atoms with E-state index in [-0.39, 0.29) is 35.8 Å². The lowest BCUT2D eigenvalue weighted by molar-refractivity contribution is -0.126. The van der Waals surface area contributed by atoms with E-state index in [1.54, 1.807) is 18.3 Å². The summed E-state index contributed by atoms with van der Waals surface area (Å²) in [6.45, 7) is 2.41. The molecule has 4 rings (SSSR count). The van der Waals surface area contributed by atoms with Crippen molar-refractivity contribution in [3.05, 3.63) is 65.7 Å². The molecule has 0 aliphatic carbocycles. The molecule has 2 aromatic rings. The van der Waals surface area contributed by atoms with Crippen LogP contribution in [0.5, 0.6) is 0 Å². The fourth-order valence-corrected chi connectivity index (χ4v) is 4.71. The van der Waals surface area contributed by atoms with Crippen molar-refractivity contribution in [3.63, 3.8) is 0 Å². The van der Waals surface area contributed by atoms with Crippen LogP contribution in [0.1, 0.15) is 30.5 Å². The molecule has 0 unspecified atom stereocenters. The van der Waals surface area contributed by atoms with E-state index in [1.807, 2.05) is 18.2 Å². The number of amides is 2. The Morgan fingerprint density at radius 3 is 2.81 bits per heavy atom. The monoisotopic (exact) mass is 439 g/mol. The van der Waals surface area contributed by atoms with Crippen LogP contribution in [-0.4, -0.2) is 64.9 Å². The van der Waals surface area contributed by atoms with Gasteiger partial charge >= 0.3 is 0 Å². The highest BCUT2D eigenvalue weighted by Crippen LogP contribution is 2.28. The van der Waals surface area contributed by atoms with Gasteiger partial charge in [-0.2, -0.15) is 0 Å². The first-order valence-corrected chi connectivity index (χ1v) is 11.2. The van der Waals surface area contributed by atoms with Gasteiger partial charge in [-0.15, -0.1) is 0 Å². The van der Waals surface area contributed by atoms with Gasteiger partial charge in [-0.3, -0.25) is 24.4 Å². The van der Waals surface area contributed by atoms with Crippen molar-refractivity contribution >= 4 is 11.8 Å². The summed E-state index contributed by atoms with van der Waals surface area (Å²) in [6, 6.07) is 12.0. The van der Waals surface area contributed by atoms with Crippen molar-refractivity contribution in [2.24, 2.45) is 0 Å². The number of nitrogens with one attached hydrogen (secondary N) is 2. The molecule has 0 radical (unpaired) electrons. The van der Waals surface area contributed by atoms with Gasteiger partial charge in [0.25, 0.3) is 0 Å². The second kappa shape index (κ2) is 10.2. The molecular formula is C24H30FN5O2. The molecule has 2 aliphatic rings. The van der Waals surface area contributed by atoms with E-state index in [4.69, 9.17) is 0 Å². The number of likely N-dealkylation sites (N-methyl/N-ethyl adjacent to an activating group) is 1. The lowest BCUT2D eigenvalue weighted by Gasteiger charge is -2.33. The summed E-state index contributed by atoms with van der Waals surface area (Å²) in [5, 5.41) is 5.98. The summed E-state index contributed by atoms with van der Waals surface area (Å²) in [5.41, 5.74) is 1.82. The van der Waals surface area contributed by atoms with Crippen molar-refractivity contribution in [2.75, 3.05) is 20.1 Å². The summed E-state index contributed by atoms with van der Waals surface area (Å²) >= 11 is 0. The quantitative estimate of drug-likeness (QED) is 0.687. The number of likely N-dealkylation sites (tertiary alicyclic amines) is 1. The zero-order valence-electron chi connectivity index (χ0n) is 18.3. The molecular weight excluding hydrogens is 409 g/mol. The van der Waals surface area contributed by atoms with Crippen LogP contribution in [0.4, 0.5) is 4.39 Å². The van der Waals surface area contributed by atoms with Crippen LogP contribution in [0.15, 0.2) is 48.7 Å². The molecule has 2 fully saturated rings. The highest BCUT2D eigenvalue weighted by Gasteiger charge is 2.44. The standard InChI is InChI=1S/C24H30FN5O2/c1-29-20(9-10-22(31)27-14-17-5-7-18(25)8-6-17)15-28-24(32)23-21(29)11-13-30(23)16-19-4-2-3-12-26-19/h2-8,12,20-21,23H,9-11,13-16H2,1H3,(H,27,31)(H,28,32)/t20-,21+,23-/m0/s1. The largest absolute Gasteiger partial charge is 0.353 e. The van der Waals surface area contributed by atoms with Gasteiger partial charge in [-0.1, -0.05) is 18.2 Å². The lowest BCUT2D eigenvalue weighted by atomic mass is 10.0. The van der Waals surface area contributed by atoms with Crippen LogP contribution in [0.25, 0.3) is 0 Å². The Kier molecular flexibility index (Phi) is 7.12. The van der Waals surface area contributed by atoms with Gasteiger partial charge in [0.2, 0.25) is 11.8 Å². The molecule has 8 heteroatoms. The summed E-state index contributed by atoms with van der Waals surface area (Å²) in [6.07, 6.45) is 3.73. The number of carbonyl (C=O) groups is 2. The number of carbonyl (C=O) groups excluding carboxylic acids is 2. The third-order valence-corrected chi connectivity index (χ3v) is 6.55. The maximum absolute atomic E-state index is 13.0. The highest BCUT2D eigenvalue weighted by molar-refractivity contribution is 5.83. The van der Waals surface area contributed by atoms with E-state index >= 15 is 0 Å².